The number of hydrogen-bond donors (Lipinski definition) is 1. The molecule has 0 heterocycles. The maximum atomic E-state index is 10.4. The first kappa shape index (κ1) is 10.1. The molecule has 2 N–H and O–H groups in total. The van der Waals surface area contributed by atoms with Gasteiger partial charge in [0, 0.05) is 22.6 Å². The van der Waals surface area contributed by atoms with Gasteiger partial charge in [-0.1, -0.05) is 15.9 Å². The summed E-state index contributed by atoms with van der Waals surface area (Å²) in [5.41, 5.74) is 6.57. The highest BCUT2D eigenvalue weighted by atomic mass is 79.9. The average molecular weight is 245 g/mol. The summed E-state index contributed by atoms with van der Waals surface area (Å²) in [5.74, 6) is 0. The molecule has 1 unspecified atom stereocenters. The molecule has 0 aliphatic rings. The SMILES string of the molecule is CC(N)c1ccc([N+](=O)[O-])cc1Br. The van der Waals surface area contributed by atoms with E-state index in [4.69, 9.17) is 5.73 Å². The first-order valence-corrected chi connectivity index (χ1v) is 4.51. The zero-order valence-electron chi connectivity index (χ0n) is 7.03. The number of nitrogens with zero attached hydrogens (tertiary/aromatic N) is 1. The van der Waals surface area contributed by atoms with Crippen LogP contribution in [0.25, 0.3) is 0 Å². The van der Waals surface area contributed by atoms with Gasteiger partial charge in [0.1, 0.15) is 0 Å². The van der Waals surface area contributed by atoms with Gasteiger partial charge >= 0.3 is 0 Å². The molecule has 0 saturated carbocycles. The van der Waals surface area contributed by atoms with Crippen molar-refractivity contribution in [2.75, 3.05) is 0 Å². The molecule has 1 aromatic carbocycles. The molecular formula is C8H9BrN2O2. The topological polar surface area (TPSA) is 69.2 Å². The van der Waals surface area contributed by atoms with Crippen molar-refractivity contribution in [2.45, 2.75) is 13.0 Å². The summed E-state index contributed by atoms with van der Waals surface area (Å²) in [6.45, 7) is 1.83. The predicted molar refractivity (Wildman–Crippen MR) is 53.4 cm³/mol. The van der Waals surface area contributed by atoms with E-state index in [0.717, 1.165) is 5.56 Å². The molecule has 70 valence electrons. The minimum Gasteiger partial charge on any atom is -0.324 e. The quantitative estimate of drug-likeness (QED) is 0.642. The number of non-ortho nitro benzene ring substituents is 1. The lowest BCUT2D eigenvalue weighted by atomic mass is 10.1. The highest BCUT2D eigenvalue weighted by Crippen LogP contribution is 2.26. The number of halogens is 1. The van der Waals surface area contributed by atoms with Crippen molar-refractivity contribution in [1.29, 1.82) is 0 Å². The zero-order chi connectivity index (χ0) is 10.0. The van der Waals surface area contributed by atoms with E-state index < -0.39 is 4.92 Å². The van der Waals surface area contributed by atoms with Gasteiger partial charge < -0.3 is 5.73 Å². The van der Waals surface area contributed by atoms with E-state index in [-0.39, 0.29) is 11.7 Å². The van der Waals surface area contributed by atoms with E-state index in [2.05, 4.69) is 15.9 Å². The second-order valence-corrected chi connectivity index (χ2v) is 3.61. The highest BCUT2D eigenvalue weighted by Gasteiger charge is 2.10. The van der Waals surface area contributed by atoms with E-state index in [0.29, 0.717) is 4.47 Å². The number of nitro benzene ring substituents is 1. The molecule has 0 radical (unpaired) electrons. The zero-order valence-corrected chi connectivity index (χ0v) is 8.61. The maximum Gasteiger partial charge on any atom is 0.270 e. The number of hydrogen-bond acceptors (Lipinski definition) is 3. The summed E-state index contributed by atoms with van der Waals surface area (Å²) >= 11 is 3.23. The summed E-state index contributed by atoms with van der Waals surface area (Å²) in [5, 5.41) is 10.4. The fraction of sp³-hybridized carbons (Fsp3) is 0.250. The average Bonchev–Trinajstić information content (AvgIpc) is 2.03. The third-order valence-electron chi connectivity index (χ3n) is 1.69. The number of nitro groups is 1. The molecule has 0 bridgehead atoms. The van der Waals surface area contributed by atoms with E-state index in [9.17, 15) is 10.1 Å². The van der Waals surface area contributed by atoms with Crippen LogP contribution in [0.4, 0.5) is 5.69 Å². The van der Waals surface area contributed by atoms with Crippen molar-refractivity contribution in [2.24, 2.45) is 5.73 Å². The Kier molecular flexibility index (Phi) is 3.00. The van der Waals surface area contributed by atoms with Crippen LogP contribution < -0.4 is 5.73 Å². The lowest BCUT2D eigenvalue weighted by Gasteiger charge is -2.07. The highest BCUT2D eigenvalue weighted by molar-refractivity contribution is 9.10. The summed E-state index contributed by atoms with van der Waals surface area (Å²) in [4.78, 5) is 9.95. The van der Waals surface area contributed by atoms with E-state index in [1.165, 1.54) is 12.1 Å². The standard InChI is InChI=1S/C8H9BrN2O2/c1-5(10)7-3-2-6(11(12)13)4-8(7)9/h2-5H,10H2,1H3. The van der Waals surface area contributed by atoms with Gasteiger partial charge in [0.25, 0.3) is 5.69 Å². The summed E-state index contributed by atoms with van der Waals surface area (Å²) < 4.78 is 0.678. The number of nitrogens with two attached hydrogens (primary N) is 1. The minimum absolute atomic E-state index is 0.0660. The molecule has 5 heteroatoms. The second-order valence-electron chi connectivity index (χ2n) is 2.75. The van der Waals surface area contributed by atoms with Crippen LogP contribution in [0.5, 0.6) is 0 Å². The molecule has 4 nitrogen and oxygen atoms in total. The largest absolute Gasteiger partial charge is 0.324 e. The Morgan fingerprint density at radius 3 is 2.62 bits per heavy atom. The van der Waals surface area contributed by atoms with Crippen LogP contribution in [0.2, 0.25) is 0 Å². The Morgan fingerprint density at radius 2 is 2.23 bits per heavy atom. The van der Waals surface area contributed by atoms with Gasteiger partial charge in [-0.05, 0) is 18.6 Å². The van der Waals surface area contributed by atoms with Gasteiger partial charge in [-0.3, -0.25) is 10.1 Å². The van der Waals surface area contributed by atoms with Crippen molar-refractivity contribution >= 4 is 21.6 Å². The Bertz CT molecular complexity index is 339. The van der Waals surface area contributed by atoms with Gasteiger partial charge in [-0.15, -0.1) is 0 Å². The van der Waals surface area contributed by atoms with Crippen molar-refractivity contribution in [3.05, 3.63) is 38.3 Å². The van der Waals surface area contributed by atoms with Gasteiger partial charge in [0.2, 0.25) is 0 Å². The molecule has 13 heavy (non-hydrogen) atoms. The maximum absolute atomic E-state index is 10.4. The van der Waals surface area contributed by atoms with Crippen LogP contribution in [0.1, 0.15) is 18.5 Å². The fourth-order valence-electron chi connectivity index (χ4n) is 0.999. The Labute approximate surface area is 84.0 Å². The molecule has 1 atom stereocenters. The summed E-state index contributed by atoms with van der Waals surface area (Å²) in [6, 6.07) is 4.44. The Morgan fingerprint density at radius 1 is 1.62 bits per heavy atom. The smallest absolute Gasteiger partial charge is 0.270 e. The van der Waals surface area contributed by atoms with Crippen LogP contribution >= 0.6 is 15.9 Å². The van der Waals surface area contributed by atoms with Crippen LogP contribution in [0.15, 0.2) is 22.7 Å². The predicted octanol–water partition coefficient (Wildman–Crippen LogP) is 2.38. The van der Waals surface area contributed by atoms with Crippen LogP contribution in [-0.2, 0) is 0 Å². The van der Waals surface area contributed by atoms with Gasteiger partial charge in [0.15, 0.2) is 0 Å². The number of rotatable bonds is 2. The first-order valence-electron chi connectivity index (χ1n) is 3.72. The molecule has 0 fully saturated rings. The van der Waals surface area contributed by atoms with Crippen molar-refractivity contribution in [3.63, 3.8) is 0 Å². The molecule has 0 saturated heterocycles. The van der Waals surface area contributed by atoms with Crippen LogP contribution in [0, 0.1) is 10.1 Å². The second kappa shape index (κ2) is 3.85. The fourth-order valence-corrected chi connectivity index (χ4v) is 1.73. The van der Waals surface area contributed by atoms with Crippen LogP contribution in [-0.4, -0.2) is 4.92 Å². The third kappa shape index (κ3) is 2.26. The lowest BCUT2D eigenvalue weighted by molar-refractivity contribution is -0.384. The summed E-state index contributed by atoms with van der Waals surface area (Å²) in [7, 11) is 0. The van der Waals surface area contributed by atoms with Gasteiger partial charge in [-0.2, -0.15) is 0 Å². The summed E-state index contributed by atoms with van der Waals surface area (Å²) in [6.07, 6.45) is 0. The molecule has 0 aromatic heterocycles. The van der Waals surface area contributed by atoms with Crippen molar-refractivity contribution in [3.8, 4) is 0 Å². The molecule has 1 rings (SSSR count). The van der Waals surface area contributed by atoms with E-state index >= 15 is 0 Å². The lowest BCUT2D eigenvalue weighted by Crippen LogP contribution is -2.05. The molecule has 0 aliphatic heterocycles. The minimum atomic E-state index is -0.435. The molecule has 0 aliphatic carbocycles. The third-order valence-corrected chi connectivity index (χ3v) is 2.37. The molecular weight excluding hydrogens is 236 g/mol. The first-order chi connectivity index (χ1) is 6.02. The molecule has 1 aromatic rings. The Hall–Kier alpha value is -0.940. The van der Waals surface area contributed by atoms with E-state index in [1.54, 1.807) is 6.07 Å². The van der Waals surface area contributed by atoms with Crippen molar-refractivity contribution < 1.29 is 4.92 Å². The molecule has 0 spiro atoms. The van der Waals surface area contributed by atoms with Gasteiger partial charge in [0.05, 0.1) is 4.92 Å². The van der Waals surface area contributed by atoms with Crippen LogP contribution in [0.3, 0.4) is 0 Å². The van der Waals surface area contributed by atoms with Gasteiger partial charge in [-0.25, -0.2) is 0 Å². The van der Waals surface area contributed by atoms with Crippen molar-refractivity contribution in [1.82, 2.24) is 0 Å². The number of benzene rings is 1. The normalized spacial score (nSPS) is 12.5. The Balaban J connectivity index is 3.13. The van der Waals surface area contributed by atoms with E-state index in [1.807, 2.05) is 6.92 Å². The monoisotopic (exact) mass is 244 g/mol. The molecule has 0 amide bonds.